The minimum atomic E-state index is -2.96. The van der Waals surface area contributed by atoms with E-state index < -0.39 is 15.9 Å². The minimum absolute atomic E-state index is 0.201. The molecule has 0 amide bonds. The fourth-order valence-electron chi connectivity index (χ4n) is 1.28. The normalized spacial score (nSPS) is 14.2. The fraction of sp³-hybridized carbons (Fsp3) is 0.857. The zero-order chi connectivity index (χ0) is 15.9. The average Bonchev–Trinajstić information content (AvgIpc) is 2.27. The number of rotatable bonds is 9. The summed E-state index contributed by atoms with van der Waals surface area (Å²) in [5.74, 6) is 0. The van der Waals surface area contributed by atoms with Gasteiger partial charge >= 0.3 is 7.60 Å². The summed E-state index contributed by atoms with van der Waals surface area (Å²) in [7, 11) is -4.68. The van der Waals surface area contributed by atoms with Crippen molar-refractivity contribution in [2.24, 2.45) is 0 Å². The molecule has 0 heterocycles. The highest BCUT2D eigenvalue weighted by Crippen LogP contribution is 2.47. The summed E-state index contributed by atoms with van der Waals surface area (Å²) in [6, 6.07) is 0. The molecular weight excluding hydrogens is 291 g/mol. The van der Waals surface area contributed by atoms with Gasteiger partial charge in [0.1, 0.15) is 0 Å². The topological polar surface area (TPSA) is 44.8 Å². The molecular formula is C14H31O4PSi. The molecule has 0 radical (unpaired) electrons. The fourth-order valence-corrected chi connectivity index (χ4v) is 3.71. The van der Waals surface area contributed by atoms with Crippen LogP contribution in [-0.4, -0.2) is 34.3 Å². The quantitative estimate of drug-likeness (QED) is 0.346. The Labute approximate surface area is 125 Å². The molecule has 120 valence electrons. The highest BCUT2D eigenvalue weighted by Gasteiger charge is 2.36. The predicted octanol–water partition coefficient (Wildman–Crippen LogP) is 4.83. The van der Waals surface area contributed by atoms with Gasteiger partial charge in [0.2, 0.25) is 0 Å². The first-order valence-corrected chi connectivity index (χ1v) is 11.9. The lowest BCUT2D eigenvalue weighted by atomic mass is 10.2. The summed E-state index contributed by atoms with van der Waals surface area (Å²) in [4.78, 5) is 0. The van der Waals surface area contributed by atoms with Crippen molar-refractivity contribution in [1.82, 2.24) is 0 Å². The first kappa shape index (κ1) is 20.1. The largest absolute Gasteiger partial charge is 0.413 e. The van der Waals surface area contributed by atoms with E-state index in [4.69, 9.17) is 13.5 Å². The molecule has 0 spiro atoms. The Bertz CT molecular complexity index is 338. The molecule has 0 aromatic carbocycles. The van der Waals surface area contributed by atoms with Gasteiger partial charge in [-0.3, -0.25) is 4.57 Å². The zero-order valence-corrected chi connectivity index (χ0v) is 16.0. The van der Waals surface area contributed by atoms with Gasteiger partial charge < -0.3 is 13.5 Å². The lowest BCUT2D eigenvalue weighted by Crippen LogP contribution is -2.40. The number of hydrogen-bond acceptors (Lipinski definition) is 4. The highest BCUT2D eigenvalue weighted by atomic mass is 31.2. The summed E-state index contributed by atoms with van der Waals surface area (Å²) in [6.07, 6.45) is 4.04. The summed E-state index contributed by atoms with van der Waals surface area (Å²) in [6.45, 7) is 16.0. The van der Waals surface area contributed by atoms with Gasteiger partial charge in [-0.1, -0.05) is 32.9 Å². The third-order valence-electron chi connectivity index (χ3n) is 3.49. The maximum Gasteiger partial charge on any atom is 0.334 e. The Kier molecular flexibility index (Phi) is 8.52. The van der Waals surface area contributed by atoms with Crippen LogP contribution in [0.4, 0.5) is 0 Å². The smallest absolute Gasteiger partial charge is 0.334 e. The first-order valence-electron chi connectivity index (χ1n) is 7.25. The Balaban J connectivity index is 4.30. The van der Waals surface area contributed by atoms with Crippen molar-refractivity contribution in [1.29, 1.82) is 0 Å². The molecule has 20 heavy (non-hydrogen) atoms. The molecule has 0 aromatic rings. The number of hydrogen-bond donors (Lipinski definition) is 0. The first-order chi connectivity index (χ1) is 9.08. The lowest BCUT2D eigenvalue weighted by Gasteiger charge is -2.35. The molecule has 0 aliphatic heterocycles. The Morgan fingerprint density at radius 2 is 1.55 bits per heavy atom. The van der Waals surface area contributed by atoms with E-state index in [9.17, 15) is 4.57 Å². The van der Waals surface area contributed by atoms with Gasteiger partial charge in [0.25, 0.3) is 0 Å². The maximum absolute atomic E-state index is 12.2. The van der Waals surface area contributed by atoms with Gasteiger partial charge in [0.05, 0.1) is 26.0 Å². The maximum atomic E-state index is 12.2. The molecule has 0 atom stereocenters. The standard InChI is InChI=1S/C14H31O4PSi/c1-8-16-19(15,17-9-2)13-11-10-12-18-20(6,7)14(3,4)5/h10-11H,8-9,12-13H2,1-7H3/b11-10-. The third kappa shape index (κ3) is 7.18. The molecule has 0 saturated carbocycles. The third-order valence-corrected chi connectivity index (χ3v) is 9.96. The molecule has 0 unspecified atom stereocenters. The van der Waals surface area contributed by atoms with Crippen molar-refractivity contribution in [2.45, 2.75) is 52.8 Å². The van der Waals surface area contributed by atoms with Gasteiger partial charge in [-0.05, 0) is 32.0 Å². The van der Waals surface area contributed by atoms with Crippen LogP contribution < -0.4 is 0 Å². The van der Waals surface area contributed by atoms with E-state index in [0.29, 0.717) is 26.0 Å². The molecule has 6 heteroatoms. The molecule has 0 rings (SSSR count). The summed E-state index contributed by atoms with van der Waals surface area (Å²) in [5, 5.41) is 0.201. The van der Waals surface area contributed by atoms with Crippen molar-refractivity contribution >= 4 is 15.9 Å². The van der Waals surface area contributed by atoms with E-state index >= 15 is 0 Å². The van der Waals surface area contributed by atoms with E-state index in [1.807, 2.05) is 26.0 Å². The molecule has 0 aliphatic rings. The zero-order valence-electron chi connectivity index (χ0n) is 14.1. The molecule has 0 N–H and O–H groups in total. The molecule has 0 fully saturated rings. The second kappa shape index (κ2) is 8.50. The van der Waals surface area contributed by atoms with Crippen LogP contribution in [0.2, 0.25) is 18.1 Å². The highest BCUT2D eigenvalue weighted by molar-refractivity contribution is 7.54. The van der Waals surface area contributed by atoms with Gasteiger partial charge in [0.15, 0.2) is 8.32 Å². The van der Waals surface area contributed by atoms with E-state index in [2.05, 4.69) is 33.9 Å². The van der Waals surface area contributed by atoms with Gasteiger partial charge in [-0.25, -0.2) is 0 Å². The van der Waals surface area contributed by atoms with Crippen molar-refractivity contribution in [2.75, 3.05) is 26.0 Å². The van der Waals surface area contributed by atoms with Crippen LogP contribution in [-0.2, 0) is 18.0 Å². The minimum Gasteiger partial charge on any atom is -0.413 e. The van der Waals surface area contributed by atoms with Crippen molar-refractivity contribution in [3.8, 4) is 0 Å². The monoisotopic (exact) mass is 322 g/mol. The van der Waals surface area contributed by atoms with Crippen molar-refractivity contribution in [3.05, 3.63) is 12.2 Å². The Hall–Kier alpha value is 0.0669. The SMILES string of the molecule is CCOP(=O)(C/C=C\CO[Si](C)(C)C(C)(C)C)OCC. The number of allylic oxidation sites excluding steroid dienone is 1. The van der Waals surface area contributed by atoms with Gasteiger partial charge in [0, 0.05) is 0 Å². The van der Waals surface area contributed by atoms with Crippen molar-refractivity contribution < 1.29 is 18.0 Å². The average molecular weight is 322 g/mol. The van der Waals surface area contributed by atoms with E-state index in [0.717, 1.165) is 0 Å². The Morgan fingerprint density at radius 3 is 1.95 bits per heavy atom. The van der Waals surface area contributed by atoms with E-state index in [-0.39, 0.29) is 5.04 Å². The Morgan fingerprint density at radius 1 is 1.05 bits per heavy atom. The van der Waals surface area contributed by atoms with Crippen LogP contribution in [0.3, 0.4) is 0 Å². The predicted molar refractivity (Wildman–Crippen MR) is 88.0 cm³/mol. The van der Waals surface area contributed by atoms with Crippen LogP contribution in [0.15, 0.2) is 12.2 Å². The van der Waals surface area contributed by atoms with Crippen molar-refractivity contribution in [3.63, 3.8) is 0 Å². The summed E-state index contributed by atoms with van der Waals surface area (Å²) in [5.41, 5.74) is 0. The second-order valence-electron chi connectivity index (χ2n) is 6.17. The van der Waals surface area contributed by atoms with Crippen LogP contribution in [0.25, 0.3) is 0 Å². The van der Waals surface area contributed by atoms with E-state index in [1.54, 1.807) is 0 Å². The molecule has 0 aromatic heterocycles. The second-order valence-corrected chi connectivity index (χ2v) is 13.1. The van der Waals surface area contributed by atoms with Gasteiger partial charge in [-0.2, -0.15) is 0 Å². The summed E-state index contributed by atoms with van der Waals surface area (Å²) >= 11 is 0. The molecule has 0 bridgehead atoms. The van der Waals surface area contributed by atoms with Crippen LogP contribution >= 0.6 is 7.60 Å². The van der Waals surface area contributed by atoms with Crippen LogP contribution in [0.5, 0.6) is 0 Å². The van der Waals surface area contributed by atoms with Crippen LogP contribution in [0.1, 0.15) is 34.6 Å². The van der Waals surface area contributed by atoms with E-state index in [1.165, 1.54) is 0 Å². The van der Waals surface area contributed by atoms with Crippen LogP contribution in [0, 0.1) is 0 Å². The molecule has 0 aliphatic carbocycles. The van der Waals surface area contributed by atoms with Gasteiger partial charge in [-0.15, -0.1) is 0 Å². The molecule has 4 nitrogen and oxygen atoms in total. The molecule has 0 saturated heterocycles. The summed E-state index contributed by atoms with van der Waals surface area (Å²) < 4.78 is 28.7. The lowest BCUT2D eigenvalue weighted by molar-refractivity contribution is 0.222.